The average Bonchev–Trinajstić information content (AvgIpc) is 3.07. The van der Waals surface area contributed by atoms with Gasteiger partial charge in [0.15, 0.2) is 16.9 Å². The van der Waals surface area contributed by atoms with Crippen LogP contribution in [-0.4, -0.2) is 48.2 Å². The van der Waals surface area contributed by atoms with Crippen molar-refractivity contribution < 1.29 is 24.1 Å². The van der Waals surface area contributed by atoms with E-state index >= 15 is 0 Å². The molecule has 32 heavy (non-hydrogen) atoms. The number of benzene rings is 1. The Morgan fingerprint density at radius 2 is 2.03 bits per heavy atom. The van der Waals surface area contributed by atoms with Gasteiger partial charge in [-0.25, -0.2) is 4.79 Å². The summed E-state index contributed by atoms with van der Waals surface area (Å²) in [6.45, 7) is 7.20. The molecule has 8 heteroatoms. The highest BCUT2D eigenvalue weighted by atomic mass is 16.5. The van der Waals surface area contributed by atoms with E-state index in [-0.39, 0.29) is 29.5 Å². The number of nitrogens with zero attached hydrogens (tertiary/aromatic N) is 2. The Bertz CT molecular complexity index is 1090. The monoisotopic (exact) mass is 442 g/mol. The minimum atomic E-state index is -0.630. The Morgan fingerprint density at radius 1 is 1.25 bits per heavy atom. The molecule has 1 aromatic heterocycles. The summed E-state index contributed by atoms with van der Waals surface area (Å²) in [7, 11) is 1.64. The van der Waals surface area contributed by atoms with Gasteiger partial charge < -0.3 is 19.3 Å². The lowest BCUT2D eigenvalue weighted by atomic mass is 9.93. The Hall–Kier alpha value is -3.00. The lowest BCUT2D eigenvalue weighted by Gasteiger charge is -2.44. The van der Waals surface area contributed by atoms with Gasteiger partial charge in [0.25, 0.3) is 0 Å². The topological polar surface area (TPSA) is 90.2 Å². The Labute approximate surface area is 187 Å². The fraction of sp³-hybridized carbons (Fsp3) is 0.500. The van der Waals surface area contributed by atoms with Crippen molar-refractivity contribution in [2.75, 3.05) is 31.9 Å². The van der Waals surface area contributed by atoms with Gasteiger partial charge in [-0.3, -0.25) is 14.5 Å². The van der Waals surface area contributed by atoms with E-state index in [1.165, 1.54) is 6.07 Å². The molecule has 0 aliphatic carbocycles. The number of aromatic nitrogens is 1. The summed E-state index contributed by atoms with van der Waals surface area (Å²) < 4.78 is 17.8. The van der Waals surface area contributed by atoms with Crippen LogP contribution >= 0.6 is 0 Å². The number of hydrogen-bond donors (Lipinski definition) is 1. The lowest BCUT2D eigenvalue weighted by Crippen LogP contribution is -2.50. The first kappa shape index (κ1) is 22.2. The zero-order chi connectivity index (χ0) is 23.0. The van der Waals surface area contributed by atoms with Crippen molar-refractivity contribution in [3.63, 3.8) is 0 Å². The maximum Gasteiger partial charge on any atom is 0.343 e. The van der Waals surface area contributed by atoms with E-state index < -0.39 is 11.4 Å². The van der Waals surface area contributed by atoms with Gasteiger partial charge in [-0.05, 0) is 51.3 Å². The molecular weight excluding hydrogens is 412 g/mol. The Kier molecular flexibility index (Phi) is 5.90. The summed E-state index contributed by atoms with van der Waals surface area (Å²) in [6, 6.07) is 5.00. The van der Waals surface area contributed by atoms with Gasteiger partial charge in [0, 0.05) is 38.0 Å². The highest BCUT2D eigenvalue weighted by molar-refractivity contribution is 5.89. The van der Waals surface area contributed by atoms with Crippen molar-refractivity contribution in [1.82, 2.24) is 4.68 Å². The lowest BCUT2D eigenvalue weighted by molar-refractivity contribution is 0.0523. The van der Waals surface area contributed by atoms with Crippen molar-refractivity contribution in [3.8, 4) is 22.8 Å². The summed E-state index contributed by atoms with van der Waals surface area (Å²) in [6.07, 6.45) is 4.12. The maximum absolute atomic E-state index is 12.8. The molecule has 1 saturated heterocycles. The van der Waals surface area contributed by atoms with Gasteiger partial charge in [-0.1, -0.05) is 0 Å². The van der Waals surface area contributed by atoms with Crippen LogP contribution in [0.3, 0.4) is 0 Å². The van der Waals surface area contributed by atoms with E-state index in [0.29, 0.717) is 31.1 Å². The molecule has 1 aromatic carbocycles. The van der Waals surface area contributed by atoms with Crippen LogP contribution in [0.5, 0.6) is 11.5 Å². The van der Waals surface area contributed by atoms with Crippen molar-refractivity contribution in [3.05, 3.63) is 45.7 Å². The number of ether oxygens (including phenoxy) is 3. The van der Waals surface area contributed by atoms with Crippen molar-refractivity contribution in [1.29, 1.82) is 0 Å². The normalized spacial score (nSPS) is 18.0. The van der Waals surface area contributed by atoms with Crippen LogP contribution in [0.25, 0.3) is 11.3 Å². The van der Waals surface area contributed by atoms with E-state index in [2.05, 4.69) is 18.9 Å². The summed E-state index contributed by atoms with van der Waals surface area (Å²) >= 11 is 0. The number of phenolic OH excluding ortho intramolecular Hbond substituents is 1. The van der Waals surface area contributed by atoms with Crippen LogP contribution < -0.4 is 15.2 Å². The molecule has 3 heterocycles. The van der Waals surface area contributed by atoms with Gasteiger partial charge >= 0.3 is 5.97 Å². The van der Waals surface area contributed by atoms with E-state index in [9.17, 15) is 14.7 Å². The number of rotatable bonds is 7. The molecule has 0 spiro atoms. The summed E-state index contributed by atoms with van der Waals surface area (Å²) in [5.74, 6) is -0.196. The predicted octanol–water partition coefficient (Wildman–Crippen LogP) is 3.38. The van der Waals surface area contributed by atoms with E-state index in [4.69, 9.17) is 14.2 Å². The van der Waals surface area contributed by atoms with Gasteiger partial charge in [-0.2, -0.15) is 0 Å². The smallest absolute Gasteiger partial charge is 0.343 e. The average molecular weight is 443 g/mol. The molecule has 0 bridgehead atoms. The standard InChI is InChI=1S/C24H30N2O6/c1-5-31-23(29)17-14-25-19(13-20(17)27)15-11-21(28)22(32-10-6-9-30-4)12-16(15)18-7-8-24(2,3)26(18)25/h11-14,18,28H,5-10H2,1-4H3/t18-/m1/s1. The quantitative estimate of drug-likeness (QED) is 0.519. The fourth-order valence-corrected chi connectivity index (χ4v) is 4.73. The number of pyridine rings is 1. The van der Waals surface area contributed by atoms with Gasteiger partial charge in [0.05, 0.1) is 30.5 Å². The molecule has 0 saturated carbocycles. The zero-order valence-corrected chi connectivity index (χ0v) is 19.0. The second-order valence-electron chi connectivity index (χ2n) is 8.82. The summed E-state index contributed by atoms with van der Waals surface area (Å²) in [5, 5.41) is 12.8. The van der Waals surface area contributed by atoms with Crippen LogP contribution in [0.1, 0.15) is 62.0 Å². The first-order chi connectivity index (χ1) is 15.3. The van der Waals surface area contributed by atoms with Crippen molar-refractivity contribution >= 4 is 5.97 Å². The van der Waals surface area contributed by atoms with Crippen LogP contribution in [0.15, 0.2) is 29.2 Å². The third-order valence-electron chi connectivity index (χ3n) is 6.22. The van der Waals surface area contributed by atoms with Gasteiger partial charge in [0.2, 0.25) is 0 Å². The molecule has 1 N–H and O–H groups in total. The Balaban J connectivity index is 1.84. The zero-order valence-electron chi connectivity index (χ0n) is 19.0. The molecule has 4 rings (SSSR count). The highest BCUT2D eigenvalue weighted by Gasteiger charge is 2.45. The number of carbonyl (C=O) groups is 1. The predicted molar refractivity (Wildman–Crippen MR) is 120 cm³/mol. The maximum atomic E-state index is 12.8. The van der Waals surface area contributed by atoms with E-state index in [0.717, 1.165) is 24.0 Å². The number of aromatic hydroxyl groups is 1. The minimum Gasteiger partial charge on any atom is -0.504 e. The first-order valence-electron chi connectivity index (χ1n) is 11.0. The number of phenols is 1. The molecule has 1 atom stereocenters. The third kappa shape index (κ3) is 3.72. The van der Waals surface area contributed by atoms with E-state index in [1.54, 1.807) is 26.3 Å². The second-order valence-corrected chi connectivity index (χ2v) is 8.82. The second kappa shape index (κ2) is 8.50. The number of esters is 1. The van der Waals surface area contributed by atoms with Crippen LogP contribution in [0.4, 0.5) is 0 Å². The highest BCUT2D eigenvalue weighted by Crippen LogP contribution is 2.50. The molecule has 8 nitrogen and oxygen atoms in total. The van der Waals surface area contributed by atoms with Crippen LogP contribution in [0.2, 0.25) is 0 Å². The molecule has 0 radical (unpaired) electrons. The van der Waals surface area contributed by atoms with E-state index in [1.807, 2.05) is 10.7 Å². The van der Waals surface area contributed by atoms with Crippen LogP contribution in [0, 0.1) is 0 Å². The Morgan fingerprint density at radius 3 is 2.75 bits per heavy atom. The largest absolute Gasteiger partial charge is 0.504 e. The van der Waals surface area contributed by atoms with Gasteiger partial charge in [0.1, 0.15) is 5.56 Å². The molecule has 2 aromatic rings. The van der Waals surface area contributed by atoms with Crippen molar-refractivity contribution in [2.24, 2.45) is 0 Å². The van der Waals surface area contributed by atoms with Gasteiger partial charge in [-0.15, -0.1) is 0 Å². The number of methoxy groups -OCH3 is 1. The summed E-state index contributed by atoms with van der Waals surface area (Å²) in [4.78, 5) is 25.2. The minimum absolute atomic E-state index is 0.00261. The molecule has 172 valence electrons. The first-order valence-corrected chi connectivity index (χ1v) is 11.0. The molecule has 0 amide bonds. The number of carbonyl (C=O) groups excluding carboxylic acids is 1. The SMILES string of the molecule is CCOC(=O)c1cn2c(cc1=O)-c1cc(O)c(OCCCOC)cc1[C@H]1CCC(C)(C)N12. The molecule has 2 aliphatic rings. The third-order valence-corrected chi connectivity index (χ3v) is 6.22. The summed E-state index contributed by atoms with van der Waals surface area (Å²) in [5.41, 5.74) is 1.79. The molecular formula is C24H30N2O6. The van der Waals surface area contributed by atoms with Crippen LogP contribution in [-0.2, 0) is 9.47 Å². The number of fused-ring (bicyclic) bond motifs is 6. The molecule has 0 unspecified atom stereocenters. The number of hydrogen-bond acceptors (Lipinski definition) is 7. The van der Waals surface area contributed by atoms with Crippen molar-refractivity contribution in [2.45, 2.75) is 51.6 Å². The molecule has 1 fully saturated rings. The molecule has 2 aliphatic heterocycles. The fourth-order valence-electron chi connectivity index (χ4n) is 4.73.